The van der Waals surface area contributed by atoms with Crippen LogP contribution in [0.15, 0.2) is 36.5 Å². The van der Waals surface area contributed by atoms with Crippen LogP contribution in [0.2, 0.25) is 0 Å². The molecule has 1 saturated carbocycles. The summed E-state index contributed by atoms with van der Waals surface area (Å²) in [6.45, 7) is 3.64. The average Bonchev–Trinajstić information content (AvgIpc) is 3.78. The average molecular weight is 693 g/mol. The predicted molar refractivity (Wildman–Crippen MR) is 176 cm³/mol. The summed E-state index contributed by atoms with van der Waals surface area (Å²) in [4.78, 5) is 23.3. The molecule has 0 spiro atoms. The van der Waals surface area contributed by atoms with Crippen molar-refractivity contribution in [3.8, 4) is 5.75 Å². The zero-order valence-electron chi connectivity index (χ0n) is 27.5. The third-order valence-electron chi connectivity index (χ3n) is 9.25. The van der Waals surface area contributed by atoms with Crippen LogP contribution in [-0.4, -0.2) is 69.6 Å². The summed E-state index contributed by atoms with van der Waals surface area (Å²) in [5.74, 6) is -0.620. The van der Waals surface area contributed by atoms with Crippen molar-refractivity contribution < 1.29 is 35.5 Å². The maximum atomic E-state index is 15.3. The number of sulfonamides is 1. The van der Waals surface area contributed by atoms with Crippen LogP contribution < -0.4 is 19.7 Å². The Kier molecular flexibility index (Phi) is 10.2. The molecule has 0 bridgehead atoms. The summed E-state index contributed by atoms with van der Waals surface area (Å²) in [6.07, 6.45) is 0.198. The number of benzene rings is 2. The first-order chi connectivity index (χ1) is 22.5. The van der Waals surface area contributed by atoms with E-state index in [1.54, 1.807) is 25.1 Å². The number of likely N-dealkylation sites (tertiary alicyclic amines) is 1. The number of carbonyl (C=O) groups is 1. The highest BCUT2D eigenvalue weighted by Crippen LogP contribution is 2.50. The standard InChI is InChI=1S/C33H40F4N6O4S/c1-19-6-7-21(28(12-19)43(3)48(5,45)46)17-38-31-25(33(35,36)37)18-39-32(41-31)40-27-16-26(34)24(15-30(27)47-4)29(44)14-22-13-23(22)20-8-10-42(2)11-9-20/h6-7,12,15-16,18,20,22-23H,8-11,13-14,17H2,1-5H3,(H2,38,39,40,41). The maximum absolute atomic E-state index is 15.3. The number of Topliss-reactive ketones (excluding diaryl/α,β-unsaturated/α-hetero) is 1. The fourth-order valence-corrected chi connectivity index (χ4v) is 6.83. The van der Waals surface area contributed by atoms with E-state index in [-0.39, 0.29) is 47.6 Å². The SMILES string of the molecule is COc1cc(C(=O)CC2CC2C2CCN(C)CC2)c(F)cc1Nc1ncc(C(F)(F)F)c(NCc2ccc(C)cc2N(C)S(C)(=O)=O)n1. The number of hydrogen-bond donors (Lipinski definition) is 2. The lowest BCUT2D eigenvalue weighted by atomic mass is 9.90. The molecule has 2 unspecified atom stereocenters. The Morgan fingerprint density at radius 2 is 1.88 bits per heavy atom. The molecule has 1 aliphatic heterocycles. The van der Waals surface area contributed by atoms with Crippen LogP contribution >= 0.6 is 0 Å². The fraction of sp³-hybridized carbons (Fsp3) is 0.485. The third kappa shape index (κ3) is 8.17. The zero-order chi connectivity index (χ0) is 35.0. The van der Waals surface area contributed by atoms with E-state index in [1.807, 2.05) is 0 Å². The number of anilines is 4. The van der Waals surface area contributed by atoms with E-state index in [1.165, 1.54) is 20.2 Å². The summed E-state index contributed by atoms with van der Waals surface area (Å²) >= 11 is 0. The Balaban J connectivity index is 1.34. The lowest BCUT2D eigenvalue weighted by molar-refractivity contribution is -0.137. The zero-order valence-corrected chi connectivity index (χ0v) is 28.3. The summed E-state index contributed by atoms with van der Waals surface area (Å²) in [6, 6.07) is 7.27. The van der Waals surface area contributed by atoms with Gasteiger partial charge in [-0.05, 0) is 87.3 Å². The van der Waals surface area contributed by atoms with Crippen molar-refractivity contribution in [1.82, 2.24) is 14.9 Å². The van der Waals surface area contributed by atoms with Gasteiger partial charge in [-0.2, -0.15) is 18.2 Å². The number of methoxy groups -OCH3 is 1. The first-order valence-corrected chi connectivity index (χ1v) is 17.5. The molecular formula is C33H40F4N6O4S. The van der Waals surface area contributed by atoms with Gasteiger partial charge in [0.15, 0.2) is 5.78 Å². The molecule has 2 fully saturated rings. The number of nitrogens with zero attached hydrogens (tertiary/aromatic N) is 4. The number of ketones is 1. The number of hydrogen-bond acceptors (Lipinski definition) is 9. The van der Waals surface area contributed by atoms with Crippen molar-refractivity contribution in [2.45, 2.75) is 45.3 Å². The number of aromatic nitrogens is 2. The van der Waals surface area contributed by atoms with Gasteiger partial charge in [0.2, 0.25) is 16.0 Å². The number of piperidine rings is 1. The van der Waals surface area contributed by atoms with E-state index in [0.717, 1.165) is 54.5 Å². The largest absolute Gasteiger partial charge is 0.495 e. The molecule has 2 heterocycles. The van der Waals surface area contributed by atoms with Gasteiger partial charge in [0.05, 0.1) is 30.3 Å². The number of ether oxygens (including phenoxy) is 1. The number of rotatable bonds is 12. The lowest BCUT2D eigenvalue weighted by Crippen LogP contribution is -2.31. The van der Waals surface area contributed by atoms with E-state index in [0.29, 0.717) is 29.3 Å². The van der Waals surface area contributed by atoms with Gasteiger partial charge in [0.25, 0.3) is 0 Å². The Labute approximate surface area is 277 Å². The highest BCUT2D eigenvalue weighted by atomic mass is 32.2. The summed E-state index contributed by atoms with van der Waals surface area (Å²) in [5, 5.41) is 5.37. The van der Waals surface area contributed by atoms with Crippen molar-refractivity contribution >= 4 is 38.9 Å². The molecule has 10 nitrogen and oxygen atoms in total. The van der Waals surface area contributed by atoms with E-state index in [2.05, 4.69) is 32.5 Å². The Bertz CT molecular complexity index is 1780. The van der Waals surface area contributed by atoms with Gasteiger partial charge in [0.1, 0.15) is 22.9 Å². The molecule has 1 aromatic heterocycles. The van der Waals surface area contributed by atoms with Crippen LogP contribution in [0.1, 0.15) is 52.7 Å². The monoisotopic (exact) mass is 692 g/mol. The van der Waals surface area contributed by atoms with E-state index in [4.69, 9.17) is 4.74 Å². The first-order valence-electron chi connectivity index (χ1n) is 15.6. The van der Waals surface area contributed by atoms with E-state index >= 15 is 4.39 Å². The molecule has 5 rings (SSSR count). The van der Waals surface area contributed by atoms with Crippen molar-refractivity contribution in [3.63, 3.8) is 0 Å². The molecule has 2 aliphatic rings. The first kappa shape index (κ1) is 35.3. The van der Waals surface area contributed by atoms with E-state index in [9.17, 15) is 26.4 Å². The molecule has 2 N–H and O–H groups in total. The number of carbonyl (C=O) groups excluding carboxylic acids is 1. The topological polar surface area (TPSA) is 117 Å². The van der Waals surface area contributed by atoms with Gasteiger partial charge in [-0.1, -0.05) is 12.1 Å². The van der Waals surface area contributed by atoms with Crippen molar-refractivity contribution in [1.29, 1.82) is 0 Å². The van der Waals surface area contributed by atoms with Gasteiger partial charge in [-0.25, -0.2) is 17.8 Å². The highest BCUT2D eigenvalue weighted by Gasteiger charge is 2.44. The molecule has 2 atom stereocenters. The van der Waals surface area contributed by atoms with Crippen LogP contribution in [0.5, 0.6) is 5.75 Å². The molecule has 0 amide bonds. The van der Waals surface area contributed by atoms with Crippen LogP contribution in [-0.2, 0) is 22.7 Å². The van der Waals surface area contributed by atoms with Crippen LogP contribution in [0.3, 0.4) is 0 Å². The second kappa shape index (κ2) is 13.9. The lowest BCUT2D eigenvalue weighted by Gasteiger charge is -2.29. The van der Waals surface area contributed by atoms with Gasteiger partial charge >= 0.3 is 6.18 Å². The molecule has 3 aromatic rings. The molecule has 48 heavy (non-hydrogen) atoms. The highest BCUT2D eigenvalue weighted by molar-refractivity contribution is 7.92. The Morgan fingerprint density at radius 1 is 1.17 bits per heavy atom. The molecule has 1 saturated heterocycles. The molecule has 0 radical (unpaired) electrons. The minimum absolute atomic E-state index is 0.0171. The van der Waals surface area contributed by atoms with Crippen LogP contribution in [0.25, 0.3) is 0 Å². The summed E-state index contributed by atoms with van der Waals surface area (Å²) in [5.41, 5.74) is 0.198. The summed E-state index contributed by atoms with van der Waals surface area (Å²) in [7, 11) is 1.13. The minimum atomic E-state index is -4.82. The van der Waals surface area contributed by atoms with Crippen molar-refractivity contribution in [3.05, 3.63) is 64.6 Å². The van der Waals surface area contributed by atoms with Crippen molar-refractivity contribution in [2.24, 2.45) is 17.8 Å². The molecule has 15 heteroatoms. The van der Waals surface area contributed by atoms with Crippen LogP contribution in [0.4, 0.5) is 40.7 Å². The van der Waals surface area contributed by atoms with E-state index < -0.39 is 33.4 Å². The molecular weight excluding hydrogens is 652 g/mol. The fourth-order valence-electron chi connectivity index (χ4n) is 6.30. The Morgan fingerprint density at radius 3 is 2.52 bits per heavy atom. The van der Waals surface area contributed by atoms with Crippen molar-refractivity contribution in [2.75, 3.05) is 55.5 Å². The molecule has 2 aromatic carbocycles. The maximum Gasteiger partial charge on any atom is 0.421 e. The number of nitrogens with one attached hydrogen (secondary N) is 2. The number of aryl methyl sites for hydroxylation is 1. The van der Waals surface area contributed by atoms with Gasteiger partial charge in [-0.15, -0.1) is 0 Å². The minimum Gasteiger partial charge on any atom is -0.495 e. The third-order valence-corrected chi connectivity index (χ3v) is 10.4. The summed E-state index contributed by atoms with van der Waals surface area (Å²) < 4.78 is 88.1. The normalized spacial score (nSPS) is 18.8. The van der Waals surface area contributed by atoms with Gasteiger partial charge in [-0.3, -0.25) is 9.10 Å². The number of halogens is 4. The predicted octanol–water partition coefficient (Wildman–Crippen LogP) is 6.25. The van der Waals surface area contributed by atoms with Gasteiger partial charge < -0.3 is 20.3 Å². The van der Waals surface area contributed by atoms with Crippen LogP contribution in [0, 0.1) is 30.5 Å². The Hall–Kier alpha value is -3.98. The second-order valence-corrected chi connectivity index (χ2v) is 14.8. The second-order valence-electron chi connectivity index (χ2n) is 12.8. The number of alkyl halides is 3. The molecule has 1 aliphatic carbocycles. The smallest absolute Gasteiger partial charge is 0.421 e. The molecule has 260 valence electrons. The van der Waals surface area contributed by atoms with Gasteiger partial charge in [0, 0.05) is 32.3 Å². The quantitative estimate of drug-likeness (QED) is 0.168.